The molecule has 0 aromatic carbocycles. The van der Waals surface area contributed by atoms with Crippen LogP contribution in [0.5, 0.6) is 0 Å². The molecule has 0 aromatic heterocycles. The van der Waals surface area contributed by atoms with Crippen LogP contribution in [0, 0.1) is 0 Å². The van der Waals surface area contributed by atoms with Gasteiger partial charge >= 0.3 is 147 Å². The largest absolute Gasteiger partial charge is 0.147 e. The van der Waals surface area contributed by atoms with Gasteiger partial charge in [-0.2, -0.15) is 0 Å². The molecule has 0 saturated heterocycles. The summed E-state index contributed by atoms with van der Waals surface area (Å²) in [5.74, 6) is 0. The van der Waals surface area contributed by atoms with Crippen LogP contribution in [0.4, 0.5) is 0 Å². The first-order valence-corrected chi connectivity index (χ1v) is 14.2. The standard InChI is InChI=1S/2C10H21.2ClH.Sn/c2*1-3-5-7-9-10-8-6-4-2;;;/h2*1,3-10H2,2H3;2*1H;. The fraction of sp³-hybridized carbons (Fsp3) is 1.00. The number of unbranched alkanes of at least 4 members (excludes halogenated alkanes) is 14. The molecule has 0 bridgehead atoms. The molecule has 0 atom stereocenters. The summed E-state index contributed by atoms with van der Waals surface area (Å²) >= 11 is 0.0528. The molecule has 0 aromatic rings. The zero-order valence-electron chi connectivity index (χ0n) is 16.0. The molecular weight excluding hydrogens is 430 g/mol. The molecule has 0 rings (SSSR count). The minimum Gasteiger partial charge on any atom is -0.147 e. The van der Waals surface area contributed by atoms with E-state index in [0.717, 1.165) is 0 Å². The number of hydrogen-bond acceptors (Lipinski definition) is 0. The van der Waals surface area contributed by atoms with Crippen molar-refractivity contribution in [2.75, 3.05) is 0 Å². The third-order valence-electron chi connectivity index (χ3n) is 4.41. The first-order chi connectivity index (χ1) is 10.4. The summed E-state index contributed by atoms with van der Waals surface area (Å²) in [5, 5.41) is 0. The summed E-state index contributed by atoms with van der Waals surface area (Å²) in [6, 6.07) is 0. The number of halogens is 2. The Labute approximate surface area is 170 Å². The Hall–Kier alpha value is 1.38. The summed E-state index contributed by atoms with van der Waals surface area (Å²) in [4.78, 5) is 0. The van der Waals surface area contributed by atoms with Crippen molar-refractivity contribution in [2.45, 2.75) is 125 Å². The van der Waals surface area contributed by atoms with E-state index < -0.39 is 0 Å². The Bertz CT molecular complexity index is 159. The molecule has 2 radical (unpaired) electrons. The van der Waals surface area contributed by atoms with Gasteiger partial charge in [-0.3, -0.25) is 0 Å². The molecule has 3 heteroatoms. The normalized spacial score (nSPS) is 10.2. The van der Waals surface area contributed by atoms with Gasteiger partial charge in [0.25, 0.3) is 0 Å². The molecule has 142 valence electrons. The molecular formula is C20H44Cl2Sn. The molecule has 0 nitrogen and oxygen atoms in total. The van der Waals surface area contributed by atoms with Crippen LogP contribution in [0.1, 0.15) is 117 Å². The van der Waals surface area contributed by atoms with E-state index in [1.165, 1.54) is 89.9 Å². The van der Waals surface area contributed by atoms with Crippen LogP contribution in [0.15, 0.2) is 0 Å². The van der Waals surface area contributed by atoms with Gasteiger partial charge in [0.1, 0.15) is 0 Å². The average Bonchev–Trinajstić information content (AvgIpc) is 2.50. The van der Waals surface area contributed by atoms with Gasteiger partial charge in [0.2, 0.25) is 0 Å². The van der Waals surface area contributed by atoms with Crippen LogP contribution in [0.2, 0.25) is 8.87 Å². The zero-order valence-corrected chi connectivity index (χ0v) is 20.5. The fourth-order valence-corrected chi connectivity index (χ4v) is 6.46. The van der Waals surface area contributed by atoms with Gasteiger partial charge in [-0.1, -0.05) is 0 Å². The smallest absolute Gasteiger partial charge is 0.147 e. The van der Waals surface area contributed by atoms with E-state index in [2.05, 4.69) is 13.8 Å². The quantitative estimate of drug-likeness (QED) is 0.138. The van der Waals surface area contributed by atoms with Crippen LogP contribution in [0.25, 0.3) is 0 Å². The van der Waals surface area contributed by atoms with Gasteiger partial charge in [-0.15, -0.1) is 24.8 Å². The monoisotopic (exact) mass is 474 g/mol. The third-order valence-corrected chi connectivity index (χ3v) is 8.45. The average molecular weight is 474 g/mol. The van der Waals surface area contributed by atoms with Gasteiger partial charge in [0.15, 0.2) is 0 Å². The van der Waals surface area contributed by atoms with Crippen LogP contribution >= 0.6 is 24.8 Å². The summed E-state index contributed by atoms with van der Waals surface area (Å²) in [7, 11) is 0. The first-order valence-electron chi connectivity index (χ1n) is 10.1. The van der Waals surface area contributed by atoms with E-state index in [1.807, 2.05) is 0 Å². The predicted octanol–water partition coefficient (Wildman–Crippen LogP) is 8.65. The second-order valence-corrected chi connectivity index (χ2v) is 11.0. The van der Waals surface area contributed by atoms with Crippen molar-refractivity contribution in [3.05, 3.63) is 0 Å². The third kappa shape index (κ3) is 28.5. The van der Waals surface area contributed by atoms with Crippen LogP contribution in [-0.4, -0.2) is 21.1 Å². The Morgan fingerprint density at radius 1 is 0.391 bits per heavy atom. The molecule has 0 saturated carbocycles. The van der Waals surface area contributed by atoms with Crippen molar-refractivity contribution in [3.8, 4) is 0 Å². The van der Waals surface area contributed by atoms with Crippen molar-refractivity contribution in [2.24, 2.45) is 0 Å². The van der Waals surface area contributed by atoms with Crippen LogP contribution in [-0.2, 0) is 0 Å². The van der Waals surface area contributed by atoms with E-state index >= 15 is 0 Å². The van der Waals surface area contributed by atoms with Crippen molar-refractivity contribution in [1.29, 1.82) is 0 Å². The molecule has 23 heavy (non-hydrogen) atoms. The fourth-order valence-electron chi connectivity index (χ4n) is 2.89. The van der Waals surface area contributed by atoms with Crippen LogP contribution in [0.3, 0.4) is 0 Å². The van der Waals surface area contributed by atoms with Crippen molar-refractivity contribution in [3.63, 3.8) is 0 Å². The second kappa shape index (κ2) is 28.2. The minimum atomic E-state index is 0. The Morgan fingerprint density at radius 2 is 0.652 bits per heavy atom. The van der Waals surface area contributed by atoms with E-state index in [1.54, 1.807) is 21.7 Å². The van der Waals surface area contributed by atoms with Gasteiger partial charge in [0.05, 0.1) is 0 Å². The molecule has 0 N–H and O–H groups in total. The SMILES string of the molecule is CCCCCCCCC[CH2][Sn][CH2]CCCCCCCCC.Cl.Cl. The predicted molar refractivity (Wildman–Crippen MR) is 115 cm³/mol. The molecule has 0 aliphatic carbocycles. The van der Waals surface area contributed by atoms with Crippen LogP contribution < -0.4 is 0 Å². The second-order valence-electron chi connectivity index (χ2n) is 6.70. The van der Waals surface area contributed by atoms with Gasteiger partial charge in [-0.25, -0.2) is 0 Å². The van der Waals surface area contributed by atoms with E-state index in [4.69, 9.17) is 0 Å². The van der Waals surface area contributed by atoms with Gasteiger partial charge in [0, 0.05) is 0 Å². The van der Waals surface area contributed by atoms with E-state index in [-0.39, 0.29) is 46.0 Å². The molecule has 0 amide bonds. The molecule has 0 aliphatic rings. The van der Waals surface area contributed by atoms with E-state index in [9.17, 15) is 0 Å². The first kappa shape index (κ1) is 29.2. The number of hydrogen-bond donors (Lipinski definition) is 0. The van der Waals surface area contributed by atoms with Gasteiger partial charge in [-0.05, 0) is 0 Å². The minimum absolute atomic E-state index is 0. The Balaban J connectivity index is -0.00000200. The zero-order chi connectivity index (χ0) is 15.4. The summed E-state index contributed by atoms with van der Waals surface area (Å²) in [6.45, 7) is 4.61. The molecule has 0 unspecified atom stereocenters. The molecule has 0 fully saturated rings. The Morgan fingerprint density at radius 3 is 0.957 bits per heavy atom. The summed E-state index contributed by atoms with van der Waals surface area (Å²) in [6.07, 6.45) is 23.8. The van der Waals surface area contributed by atoms with Crippen molar-refractivity contribution >= 4 is 46.0 Å². The van der Waals surface area contributed by atoms with Crippen molar-refractivity contribution in [1.82, 2.24) is 0 Å². The topological polar surface area (TPSA) is 0 Å². The maximum Gasteiger partial charge on any atom is -0.147 e. The van der Waals surface area contributed by atoms with E-state index in [0.29, 0.717) is 0 Å². The molecule has 0 heterocycles. The Kier molecular flexibility index (Phi) is 35.7. The summed E-state index contributed by atoms with van der Waals surface area (Å²) in [5.41, 5.74) is 0. The molecule has 0 spiro atoms. The van der Waals surface area contributed by atoms with Gasteiger partial charge < -0.3 is 0 Å². The molecule has 0 aliphatic heterocycles. The maximum atomic E-state index is 2.30. The van der Waals surface area contributed by atoms with Crippen molar-refractivity contribution < 1.29 is 0 Å². The summed E-state index contributed by atoms with van der Waals surface area (Å²) < 4.78 is 3.32. The number of rotatable bonds is 18. The maximum absolute atomic E-state index is 2.30.